The fourth-order valence-electron chi connectivity index (χ4n) is 3.04. The van der Waals surface area contributed by atoms with E-state index in [4.69, 9.17) is 0 Å². The maximum Gasteiger partial charge on any atom is 0.309 e. The summed E-state index contributed by atoms with van der Waals surface area (Å²) in [6.07, 6.45) is 5.78. The molecule has 0 heterocycles. The lowest BCUT2D eigenvalue weighted by atomic mass is 9.64. The Morgan fingerprint density at radius 3 is 2.11 bits per heavy atom. The minimum absolute atomic E-state index is 0.233. The van der Waals surface area contributed by atoms with Crippen LogP contribution in [0.2, 0.25) is 0 Å². The van der Waals surface area contributed by atoms with Gasteiger partial charge in [-0.15, -0.1) is 0 Å². The second kappa shape index (κ2) is 5.63. The molecule has 2 heteroatoms. The number of carboxylic acids is 1. The Morgan fingerprint density at radius 1 is 1.28 bits per heavy atom. The Balaban J connectivity index is 2.65. The highest BCUT2D eigenvalue weighted by molar-refractivity contribution is 5.74. The van der Waals surface area contributed by atoms with Gasteiger partial charge in [0.15, 0.2) is 0 Å². The molecule has 106 valence electrons. The van der Waals surface area contributed by atoms with Crippen LogP contribution in [0.1, 0.15) is 73.1 Å². The molecule has 1 aliphatic carbocycles. The summed E-state index contributed by atoms with van der Waals surface area (Å²) in [4.78, 5) is 11.7. The first kappa shape index (κ1) is 15.5. The van der Waals surface area contributed by atoms with Crippen LogP contribution in [0.4, 0.5) is 0 Å². The predicted molar refractivity (Wildman–Crippen MR) is 75.6 cm³/mol. The van der Waals surface area contributed by atoms with Crippen LogP contribution in [0.15, 0.2) is 0 Å². The third-order valence-corrected chi connectivity index (χ3v) is 4.74. The summed E-state index contributed by atoms with van der Waals surface area (Å²) in [5, 5.41) is 9.61. The molecule has 0 aromatic carbocycles. The Labute approximate surface area is 112 Å². The van der Waals surface area contributed by atoms with Crippen LogP contribution in [-0.2, 0) is 4.79 Å². The Bertz CT molecular complexity index is 278. The molecule has 18 heavy (non-hydrogen) atoms. The van der Waals surface area contributed by atoms with Crippen molar-refractivity contribution in [3.05, 3.63) is 0 Å². The first-order chi connectivity index (χ1) is 8.16. The highest BCUT2D eigenvalue weighted by Gasteiger charge is 2.42. The topological polar surface area (TPSA) is 37.3 Å². The van der Waals surface area contributed by atoms with Gasteiger partial charge >= 0.3 is 5.97 Å². The van der Waals surface area contributed by atoms with Crippen molar-refractivity contribution >= 4 is 5.97 Å². The zero-order chi connectivity index (χ0) is 14.0. The van der Waals surface area contributed by atoms with Gasteiger partial charge in [-0.3, -0.25) is 4.79 Å². The lowest BCUT2D eigenvalue weighted by molar-refractivity contribution is -0.153. The van der Waals surface area contributed by atoms with E-state index in [0.29, 0.717) is 5.92 Å². The molecule has 1 aliphatic rings. The van der Waals surface area contributed by atoms with Crippen molar-refractivity contribution in [2.45, 2.75) is 73.1 Å². The van der Waals surface area contributed by atoms with Gasteiger partial charge in [0.2, 0.25) is 0 Å². The Hall–Kier alpha value is -0.530. The van der Waals surface area contributed by atoms with Crippen molar-refractivity contribution in [1.29, 1.82) is 0 Å². The van der Waals surface area contributed by atoms with Gasteiger partial charge in [0, 0.05) is 0 Å². The van der Waals surface area contributed by atoms with Gasteiger partial charge in [0.25, 0.3) is 0 Å². The molecule has 1 fully saturated rings. The van der Waals surface area contributed by atoms with Crippen LogP contribution >= 0.6 is 0 Å². The van der Waals surface area contributed by atoms with E-state index in [2.05, 4.69) is 34.6 Å². The zero-order valence-electron chi connectivity index (χ0n) is 12.8. The monoisotopic (exact) mass is 254 g/mol. The average Bonchev–Trinajstić information content (AvgIpc) is 2.25. The highest BCUT2D eigenvalue weighted by Crippen LogP contribution is 2.46. The smallest absolute Gasteiger partial charge is 0.309 e. The second-order valence-corrected chi connectivity index (χ2v) is 7.73. The molecular formula is C16H30O2. The molecule has 1 saturated carbocycles. The molecule has 0 unspecified atom stereocenters. The molecule has 0 saturated heterocycles. The summed E-state index contributed by atoms with van der Waals surface area (Å²) in [7, 11) is 0. The van der Waals surface area contributed by atoms with Crippen LogP contribution in [0.5, 0.6) is 0 Å². The van der Waals surface area contributed by atoms with Crippen molar-refractivity contribution in [2.75, 3.05) is 0 Å². The molecule has 0 spiro atoms. The maximum atomic E-state index is 11.7. The largest absolute Gasteiger partial charge is 0.481 e. The van der Waals surface area contributed by atoms with E-state index in [1.54, 1.807) is 0 Å². The first-order valence-corrected chi connectivity index (χ1v) is 7.40. The van der Waals surface area contributed by atoms with Crippen LogP contribution in [0, 0.1) is 22.7 Å². The average molecular weight is 254 g/mol. The van der Waals surface area contributed by atoms with Crippen molar-refractivity contribution in [3.63, 3.8) is 0 Å². The molecule has 0 aromatic rings. The fraction of sp³-hybridized carbons (Fsp3) is 0.938. The summed E-state index contributed by atoms with van der Waals surface area (Å²) >= 11 is 0. The SMILES string of the molecule is CC(C)C1CCC(CCC(C)(C)C)(C(=O)O)CC1. The van der Waals surface area contributed by atoms with E-state index in [1.165, 1.54) is 0 Å². The maximum absolute atomic E-state index is 11.7. The van der Waals surface area contributed by atoms with Crippen LogP contribution in [0.25, 0.3) is 0 Å². The van der Waals surface area contributed by atoms with E-state index in [0.717, 1.165) is 44.4 Å². The third kappa shape index (κ3) is 4.00. The molecule has 2 nitrogen and oxygen atoms in total. The van der Waals surface area contributed by atoms with Crippen LogP contribution in [0.3, 0.4) is 0 Å². The molecule has 1 rings (SSSR count). The molecule has 0 radical (unpaired) electrons. The van der Waals surface area contributed by atoms with Gasteiger partial charge < -0.3 is 5.11 Å². The van der Waals surface area contributed by atoms with Crippen molar-refractivity contribution in [2.24, 2.45) is 22.7 Å². The van der Waals surface area contributed by atoms with Gasteiger partial charge in [0.05, 0.1) is 5.41 Å². The van der Waals surface area contributed by atoms with Crippen molar-refractivity contribution < 1.29 is 9.90 Å². The first-order valence-electron chi connectivity index (χ1n) is 7.40. The van der Waals surface area contributed by atoms with Gasteiger partial charge in [-0.05, 0) is 55.8 Å². The molecular weight excluding hydrogens is 224 g/mol. The quantitative estimate of drug-likeness (QED) is 0.787. The number of rotatable bonds is 4. The van der Waals surface area contributed by atoms with Gasteiger partial charge in [-0.2, -0.15) is 0 Å². The molecule has 0 aromatic heterocycles. The number of carboxylic acid groups (broad SMARTS) is 1. The summed E-state index contributed by atoms with van der Waals surface area (Å²) < 4.78 is 0. The number of aliphatic carboxylic acids is 1. The molecule has 1 N–H and O–H groups in total. The van der Waals surface area contributed by atoms with E-state index in [1.807, 2.05) is 0 Å². The summed E-state index contributed by atoms with van der Waals surface area (Å²) in [5.41, 5.74) is -0.198. The zero-order valence-corrected chi connectivity index (χ0v) is 12.8. The molecule has 0 amide bonds. The minimum atomic E-state index is -0.561. The fourth-order valence-corrected chi connectivity index (χ4v) is 3.04. The molecule has 0 aliphatic heterocycles. The highest BCUT2D eigenvalue weighted by atomic mass is 16.4. The second-order valence-electron chi connectivity index (χ2n) is 7.73. The lowest BCUT2D eigenvalue weighted by Gasteiger charge is -2.39. The van der Waals surface area contributed by atoms with Gasteiger partial charge in [-0.25, -0.2) is 0 Å². The number of hydrogen-bond donors (Lipinski definition) is 1. The van der Waals surface area contributed by atoms with E-state index in [9.17, 15) is 9.90 Å². The van der Waals surface area contributed by atoms with Crippen molar-refractivity contribution in [3.8, 4) is 0 Å². The Kier molecular flexibility index (Phi) is 4.85. The van der Waals surface area contributed by atoms with Crippen LogP contribution in [-0.4, -0.2) is 11.1 Å². The van der Waals surface area contributed by atoms with E-state index < -0.39 is 11.4 Å². The summed E-state index contributed by atoms with van der Waals surface area (Å²) in [6.45, 7) is 11.1. The minimum Gasteiger partial charge on any atom is -0.481 e. The predicted octanol–water partition coefficient (Wildman–Crippen LogP) is 4.73. The molecule has 0 atom stereocenters. The molecule has 0 bridgehead atoms. The standard InChI is InChI=1S/C16H30O2/c1-12(2)13-6-8-16(9-7-13,14(17)18)11-10-15(3,4)5/h12-13H,6-11H2,1-5H3,(H,17,18). The van der Waals surface area contributed by atoms with Crippen LogP contribution < -0.4 is 0 Å². The third-order valence-electron chi connectivity index (χ3n) is 4.74. The van der Waals surface area contributed by atoms with E-state index in [-0.39, 0.29) is 5.41 Å². The normalized spacial score (nSPS) is 29.6. The number of hydrogen-bond acceptors (Lipinski definition) is 1. The van der Waals surface area contributed by atoms with Gasteiger partial charge in [-0.1, -0.05) is 34.6 Å². The van der Waals surface area contributed by atoms with Gasteiger partial charge in [0.1, 0.15) is 0 Å². The summed E-state index contributed by atoms with van der Waals surface area (Å²) in [5.74, 6) is 0.862. The van der Waals surface area contributed by atoms with E-state index >= 15 is 0 Å². The Morgan fingerprint density at radius 2 is 1.78 bits per heavy atom. The van der Waals surface area contributed by atoms with Crippen molar-refractivity contribution in [1.82, 2.24) is 0 Å². The number of carbonyl (C=O) groups is 1. The summed E-state index contributed by atoms with van der Waals surface area (Å²) in [6, 6.07) is 0. The lowest BCUT2D eigenvalue weighted by Crippen LogP contribution is -2.37.